The summed E-state index contributed by atoms with van der Waals surface area (Å²) in [5, 5.41) is 25.4. The summed E-state index contributed by atoms with van der Waals surface area (Å²) in [6, 6.07) is 3.21. The van der Waals surface area contributed by atoms with Crippen molar-refractivity contribution in [2.75, 3.05) is 0 Å². The Morgan fingerprint density at radius 2 is 1.90 bits per heavy atom. The van der Waals surface area contributed by atoms with E-state index < -0.39 is 0 Å². The van der Waals surface area contributed by atoms with Crippen LogP contribution in [-0.4, -0.2) is 5.11 Å². The van der Waals surface area contributed by atoms with Gasteiger partial charge >= 0.3 is 0 Å². The second-order valence-electron chi connectivity index (χ2n) is 1.80. The lowest BCUT2D eigenvalue weighted by molar-refractivity contribution is 0.384. The molecule has 0 atom stereocenters. The third-order valence-electron chi connectivity index (χ3n) is 0.999. The number of aliphatic hydroxyl groups excluding tert-OH is 1. The Morgan fingerprint density at radius 3 is 2.20 bits per heavy atom. The zero-order valence-electron chi connectivity index (χ0n) is 5.76. The molecule has 1 N–H and O–H groups in total. The van der Waals surface area contributed by atoms with E-state index in [9.17, 15) is 0 Å². The van der Waals surface area contributed by atoms with E-state index in [1.54, 1.807) is 12.1 Å². The van der Waals surface area contributed by atoms with Crippen molar-refractivity contribution >= 4 is 0 Å². The van der Waals surface area contributed by atoms with Gasteiger partial charge in [0.1, 0.15) is 17.9 Å². The maximum absolute atomic E-state index is 8.94. The normalized spacial score (nSPS) is 7.50. The second kappa shape index (κ2) is 4.40. The van der Waals surface area contributed by atoms with Crippen LogP contribution in [0.4, 0.5) is 0 Å². The molecule has 3 heteroatoms. The fraction of sp³-hybridized carbons (Fsp3) is 0.429. The van der Waals surface area contributed by atoms with Crippen LogP contribution in [0.15, 0.2) is 11.3 Å². The summed E-state index contributed by atoms with van der Waals surface area (Å²) < 4.78 is 0. The molecule has 0 bridgehead atoms. The van der Waals surface area contributed by atoms with E-state index in [1.807, 2.05) is 6.92 Å². The highest BCUT2D eigenvalue weighted by molar-refractivity contribution is 5.37. The van der Waals surface area contributed by atoms with Gasteiger partial charge in [0.05, 0.1) is 0 Å². The van der Waals surface area contributed by atoms with Crippen molar-refractivity contribution in [1.82, 2.24) is 0 Å². The minimum absolute atomic E-state index is 0.104. The van der Waals surface area contributed by atoms with E-state index in [1.165, 1.54) is 0 Å². The summed E-state index contributed by atoms with van der Waals surface area (Å²) in [4.78, 5) is 0. The molecule has 0 aromatic heterocycles. The zero-order valence-corrected chi connectivity index (χ0v) is 5.76. The zero-order chi connectivity index (χ0) is 7.98. The van der Waals surface area contributed by atoms with Gasteiger partial charge in [0.25, 0.3) is 0 Å². The molecule has 0 aliphatic heterocycles. The molecule has 10 heavy (non-hydrogen) atoms. The summed E-state index contributed by atoms with van der Waals surface area (Å²) >= 11 is 0. The summed E-state index contributed by atoms with van der Waals surface area (Å²) in [6.45, 7) is 1.86. The van der Waals surface area contributed by atoms with Gasteiger partial charge in [-0.1, -0.05) is 6.92 Å². The van der Waals surface area contributed by atoms with Crippen LogP contribution in [0.1, 0.15) is 19.8 Å². The fourth-order valence-corrected chi connectivity index (χ4v) is 0.516. The van der Waals surface area contributed by atoms with Gasteiger partial charge in [-0.15, -0.1) is 0 Å². The minimum atomic E-state index is -0.179. The molecule has 0 saturated heterocycles. The van der Waals surface area contributed by atoms with E-state index in [4.69, 9.17) is 15.6 Å². The van der Waals surface area contributed by atoms with E-state index in [2.05, 4.69) is 0 Å². The lowest BCUT2D eigenvalue weighted by atomic mass is 10.2. The minimum Gasteiger partial charge on any atom is -0.510 e. The summed E-state index contributed by atoms with van der Waals surface area (Å²) in [7, 11) is 0. The van der Waals surface area contributed by atoms with Gasteiger partial charge in [-0.25, -0.2) is 0 Å². The lowest BCUT2D eigenvalue weighted by Gasteiger charge is -1.92. The highest BCUT2D eigenvalue weighted by Crippen LogP contribution is 2.05. The predicted octanol–water partition coefficient (Wildman–Crippen LogP) is 1.65. The molecule has 0 rings (SSSR count). The highest BCUT2D eigenvalue weighted by atomic mass is 16.3. The smallest absolute Gasteiger partial charge is 0.166 e. The lowest BCUT2D eigenvalue weighted by Crippen LogP contribution is -1.85. The van der Waals surface area contributed by atoms with Crippen LogP contribution in [0.25, 0.3) is 0 Å². The molecule has 0 aromatic carbocycles. The number of nitriles is 2. The molecule has 0 saturated carbocycles. The fourth-order valence-electron chi connectivity index (χ4n) is 0.516. The third-order valence-corrected chi connectivity index (χ3v) is 0.999. The number of hydrogen-bond acceptors (Lipinski definition) is 3. The topological polar surface area (TPSA) is 67.8 Å². The van der Waals surface area contributed by atoms with Crippen LogP contribution in [0.3, 0.4) is 0 Å². The van der Waals surface area contributed by atoms with Crippen LogP contribution >= 0.6 is 0 Å². The molecule has 0 aromatic rings. The molecule has 0 aliphatic rings. The van der Waals surface area contributed by atoms with Gasteiger partial charge in [-0.2, -0.15) is 10.5 Å². The molecule has 0 unspecified atom stereocenters. The Balaban J connectivity index is 4.36. The Labute approximate surface area is 59.8 Å². The summed E-state index contributed by atoms with van der Waals surface area (Å²) in [5.74, 6) is -0.104. The van der Waals surface area contributed by atoms with Crippen molar-refractivity contribution in [3.8, 4) is 12.1 Å². The van der Waals surface area contributed by atoms with Crippen molar-refractivity contribution in [2.45, 2.75) is 19.8 Å². The standard InChI is InChI=1S/C7H8N2O/c1-2-3-7(10)6(4-8)5-9/h10H,2-3H2,1H3. The maximum atomic E-state index is 8.94. The highest BCUT2D eigenvalue weighted by Gasteiger charge is 2.00. The Kier molecular flexibility index (Phi) is 3.75. The van der Waals surface area contributed by atoms with Gasteiger partial charge in [0.2, 0.25) is 0 Å². The first-order valence-corrected chi connectivity index (χ1v) is 2.98. The van der Waals surface area contributed by atoms with Gasteiger partial charge in [-0.05, 0) is 6.42 Å². The van der Waals surface area contributed by atoms with Crippen LogP contribution in [0, 0.1) is 22.7 Å². The Morgan fingerprint density at radius 1 is 1.40 bits per heavy atom. The Hall–Kier alpha value is -1.48. The van der Waals surface area contributed by atoms with Crippen LogP contribution < -0.4 is 0 Å². The average Bonchev–Trinajstić information content (AvgIpc) is 1.91. The van der Waals surface area contributed by atoms with E-state index in [0.717, 1.165) is 6.42 Å². The SMILES string of the molecule is CCCC(O)=C(C#N)C#N. The molecule has 0 aliphatic carbocycles. The second-order valence-corrected chi connectivity index (χ2v) is 1.80. The quantitative estimate of drug-likeness (QED) is 0.463. The average molecular weight is 136 g/mol. The Bertz CT molecular complexity index is 201. The molecular formula is C7H8N2O. The summed E-state index contributed by atoms with van der Waals surface area (Å²) in [5.41, 5.74) is -0.179. The maximum Gasteiger partial charge on any atom is 0.166 e. The molecule has 0 amide bonds. The first kappa shape index (κ1) is 8.52. The number of hydrogen-bond donors (Lipinski definition) is 1. The van der Waals surface area contributed by atoms with Crippen LogP contribution in [-0.2, 0) is 0 Å². The van der Waals surface area contributed by atoms with Crippen LogP contribution in [0.2, 0.25) is 0 Å². The number of aliphatic hydroxyl groups is 1. The number of rotatable bonds is 2. The largest absolute Gasteiger partial charge is 0.510 e. The van der Waals surface area contributed by atoms with E-state index in [0.29, 0.717) is 6.42 Å². The molecule has 3 nitrogen and oxygen atoms in total. The molecule has 52 valence electrons. The molecule has 0 heterocycles. The third kappa shape index (κ3) is 2.19. The molecule has 0 radical (unpaired) electrons. The van der Waals surface area contributed by atoms with E-state index in [-0.39, 0.29) is 11.3 Å². The predicted molar refractivity (Wildman–Crippen MR) is 35.8 cm³/mol. The van der Waals surface area contributed by atoms with Gasteiger partial charge < -0.3 is 5.11 Å². The van der Waals surface area contributed by atoms with Gasteiger partial charge in [0.15, 0.2) is 5.57 Å². The van der Waals surface area contributed by atoms with Crippen molar-refractivity contribution in [3.63, 3.8) is 0 Å². The molecule has 0 fully saturated rings. The van der Waals surface area contributed by atoms with Crippen molar-refractivity contribution in [3.05, 3.63) is 11.3 Å². The van der Waals surface area contributed by atoms with Crippen LogP contribution in [0.5, 0.6) is 0 Å². The number of allylic oxidation sites excluding steroid dienone is 2. The first-order chi connectivity index (χ1) is 4.76. The van der Waals surface area contributed by atoms with Crippen molar-refractivity contribution in [1.29, 1.82) is 10.5 Å². The van der Waals surface area contributed by atoms with Crippen molar-refractivity contribution in [2.24, 2.45) is 0 Å². The molecular weight excluding hydrogens is 128 g/mol. The van der Waals surface area contributed by atoms with E-state index >= 15 is 0 Å². The number of nitrogens with zero attached hydrogens (tertiary/aromatic N) is 2. The van der Waals surface area contributed by atoms with Crippen molar-refractivity contribution < 1.29 is 5.11 Å². The van der Waals surface area contributed by atoms with Gasteiger partial charge in [0, 0.05) is 6.42 Å². The monoisotopic (exact) mass is 136 g/mol. The summed E-state index contributed by atoms with van der Waals surface area (Å²) in [6.07, 6.45) is 1.13. The van der Waals surface area contributed by atoms with Gasteiger partial charge in [-0.3, -0.25) is 0 Å². The molecule has 0 spiro atoms. The first-order valence-electron chi connectivity index (χ1n) is 2.98.